The predicted octanol–water partition coefficient (Wildman–Crippen LogP) is 6.98. The first-order valence-electron chi connectivity index (χ1n) is 8.88. The van der Waals surface area contributed by atoms with Crippen LogP contribution in [0.3, 0.4) is 0 Å². The number of nitrogens with zero attached hydrogens (tertiary/aromatic N) is 3. The molecule has 32 heavy (non-hydrogen) atoms. The predicted molar refractivity (Wildman–Crippen MR) is 131 cm³/mol. The Morgan fingerprint density at radius 3 is 1.84 bits per heavy atom. The van der Waals surface area contributed by atoms with Crippen LogP contribution in [0, 0.1) is 0 Å². The third-order valence-corrected chi connectivity index (χ3v) is 6.28. The van der Waals surface area contributed by atoms with Crippen molar-refractivity contribution in [3.05, 3.63) is 71.8 Å². The van der Waals surface area contributed by atoms with Crippen LogP contribution in [-0.2, 0) is 18.8 Å². The molecule has 1 unspecified atom stereocenters. The number of aromatic nitrogens is 3. The van der Waals surface area contributed by atoms with Crippen molar-refractivity contribution in [1.82, 2.24) is 15.0 Å². The Hall–Kier alpha value is -0.990. The first-order valence-corrected chi connectivity index (χ1v) is 12.0. The van der Waals surface area contributed by atoms with Gasteiger partial charge in [-0.15, -0.1) is 11.8 Å². The van der Waals surface area contributed by atoms with Gasteiger partial charge in [0.15, 0.2) is 17.5 Å². The molecule has 0 saturated carbocycles. The molecule has 0 fully saturated rings. The zero-order chi connectivity index (χ0) is 23.5. The van der Waals surface area contributed by atoms with Gasteiger partial charge in [0.2, 0.25) is 7.59 Å². The smallest absolute Gasteiger partial charge is 0.317 e. The second-order valence-electron chi connectivity index (χ2n) is 6.46. The Labute approximate surface area is 218 Å². The number of carbonyl (C=O) groups is 1. The molecule has 2 aromatic carbocycles. The molecule has 168 valence electrons. The average Bonchev–Trinajstić information content (AvgIpc) is 2.73. The number of hydrogen-bond donors (Lipinski definition) is 1. The SMILES string of the molecule is O=C(O)C(Cc1ccccc1)Sc1ccc(-c2nc(C(Cl)(Cl)Cl)nc(C(Cl)(Cl)Cl)n2)cc1. The summed E-state index contributed by atoms with van der Waals surface area (Å²) in [4.78, 5) is 24.8. The summed E-state index contributed by atoms with van der Waals surface area (Å²) >= 11 is 36.7. The number of carboxylic acids is 1. The summed E-state index contributed by atoms with van der Waals surface area (Å²) in [6.07, 6.45) is 0.384. The van der Waals surface area contributed by atoms with Crippen LogP contribution in [0.15, 0.2) is 59.5 Å². The zero-order valence-electron chi connectivity index (χ0n) is 15.9. The molecular weight excluding hydrogens is 559 g/mol. The highest BCUT2D eigenvalue weighted by Gasteiger charge is 2.34. The Balaban J connectivity index is 1.87. The van der Waals surface area contributed by atoms with Crippen molar-refractivity contribution < 1.29 is 9.90 Å². The molecule has 3 rings (SSSR count). The number of thioether (sulfide) groups is 1. The van der Waals surface area contributed by atoms with E-state index in [0.29, 0.717) is 12.0 Å². The second-order valence-corrected chi connectivity index (χ2v) is 12.3. The van der Waals surface area contributed by atoms with Gasteiger partial charge in [-0.05, 0) is 24.1 Å². The van der Waals surface area contributed by atoms with Crippen LogP contribution in [0.25, 0.3) is 11.4 Å². The van der Waals surface area contributed by atoms with Gasteiger partial charge >= 0.3 is 5.97 Å². The average molecular weight is 572 g/mol. The quantitative estimate of drug-likeness (QED) is 0.254. The summed E-state index contributed by atoms with van der Waals surface area (Å²) in [5.41, 5.74) is 1.48. The lowest BCUT2D eigenvalue weighted by Gasteiger charge is -2.16. The molecule has 0 saturated heterocycles. The fourth-order valence-electron chi connectivity index (χ4n) is 2.61. The van der Waals surface area contributed by atoms with Crippen molar-refractivity contribution in [1.29, 1.82) is 0 Å². The third kappa shape index (κ3) is 7.00. The summed E-state index contributed by atoms with van der Waals surface area (Å²) < 4.78 is -3.91. The maximum absolute atomic E-state index is 11.7. The standard InChI is InChI=1S/C20H13Cl6N3O2S/c21-19(22,23)17-27-15(28-18(29-17)20(24,25)26)12-6-8-13(9-7-12)32-14(16(30)31)10-11-4-2-1-3-5-11/h1-9,14H,10H2,(H,30,31). The van der Waals surface area contributed by atoms with Crippen LogP contribution in [-0.4, -0.2) is 31.3 Å². The van der Waals surface area contributed by atoms with Crippen LogP contribution in [0.2, 0.25) is 0 Å². The lowest BCUT2D eigenvalue weighted by Crippen LogP contribution is -2.19. The Morgan fingerprint density at radius 1 is 0.844 bits per heavy atom. The molecule has 1 heterocycles. The third-order valence-electron chi connectivity index (χ3n) is 4.07. The van der Waals surface area contributed by atoms with E-state index in [1.807, 2.05) is 30.3 Å². The van der Waals surface area contributed by atoms with Gasteiger partial charge in [0.1, 0.15) is 5.25 Å². The molecule has 1 N–H and O–H groups in total. The van der Waals surface area contributed by atoms with Gasteiger partial charge in [0, 0.05) is 10.5 Å². The van der Waals surface area contributed by atoms with E-state index < -0.39 is 18.8 Å². The molecule has 1 aromatic heterocycles. The number of aliphatic carboxylic acids is 1. The highest BCUT2D eigenvalue weighted by Crippen LogP contribution is 2.41. The molecule has 0 spiro atoms. The topological polar surface area (TPSA) is 76.0 Å². The van der Waals surface area contributed by atoms with Gasteiger partial charge in [-0.2, -0.15) is 0 Å². The highest BCUT2D eigenvalue weighted by molar-refractivity contribution is 8.00. The lowest BCUT2D eigenvalue weighted by atomic mass is 10.1. The van der Waals surface area contributed by atoms with E-state index in [0.717, 1.165) is 10.5 Å². The van der Waals surface area contributed by atoms with Crippen molar-refractivity contribution in [2.75, 3.05) is 0 Å². The summed E-state index contributed by atoms with van der Waals surface area (Å²) in [5.74, 6) is -1.15. The molecular formula is C20H13Cl6N3O2S. The number of carboxylic acid groups (broad SMARTS) is 1. The maximum atomic E-state index is 11.7. The van der Waals surface area contributed by atoms with Gasteiger partial charge in [0.05, 0.1) is 0 Å². The summed E-state index contributed by atoms with van der Waals surface area (Å²) in [6.45, 7) is 0. The molecule has 0 amide bonds. The normalized spacial score (nSPS) is 13.1. The number of alkyl halides is 6. The fourth-order valence-corrected chi connectivity index (χ4v) is 4.12. The van der Waals surface area contributed by atoms with E-state index in [4.69, 9.17) is 69.6 Å². The van der Waals surface area contributed by atoms with E-state index in [1.165, 1.54) is 11.8 Å². The molecule has 0 radical (unpaired) electrons. The second kappa shape index (κ2) is 10.5. The van der Waals surface area contributed by atoms with Gasteiger partial charge in [-0.3, -0.25) is 4.79 Å². The van der Waals surface area contributed by atoms with E-state index in [1.54, 1.807) is 24.3 Å². The molecule has 1 atom stereocenters. The number of benzene rings is 2. The molecule has 0 bridgehead atoms. The van der Waals surface area contributed by atoms with Crippen molar-refractivity contribution >= 4 is 87.3 Å². The fraction of sp³-hybridized carbons (Fsp3) is 0.200. The minimum Gasteiger partial charge on any atom is -0.480 e. The van der Waals surface area contributed by atoms with Crippen molar-refractivity contribution in [3.8, 4) is 11.4 Å². The van der Waals surface area contributed by atoms with Gasteiger partial charge in [0.25, 0.3) is 0 Å². The minimum absolute atomic E-state index is 0.137. The molecule has 0 aliphatic carbocycles. The Kier molecular flexibility index (Phi) is 8.42. The van der Waals surface area contributed by atoms with Gasteiger partial charge in [-0.1, -0.05) is 112 Å². The summed E-state index contributed by atoms with van der Waals surface area (Å²) in [7, 11) is 0. The minimum atomic E-state index is -1.95. The lowest BCUT2D eigenvalue weighted by molar-refractivity contribution is -0.136. The number of hydrogen-bond acceptors (Lipinski definition) is 5. The van der Waals surface area contributed by atoms with Crippen molar-refractivity contribution in [2.24, 2.45) is 0 Å². The zero-order valence-corrected chi connectivity index (χ0v) is 21.2. The monoisotopic (exact) mass is 569 g/mol. The molecule has 3 aromatic rings. The summed E-state index contributed by atoms with van der Waals surface area (Å²) in [5, 5.41) is 8.96. The van der Waals surface area contributed by atoms with E-state index in [9.17, 15) is 9.90 Å². The van der Waals surface area contributed by atoms with Gasteiger partial charge in [-0.25, -0.2) is 15.0 Å². The molecule has 5 nitrogen and oxygen atoms in total. The maximum Gasteiger partial charge on any atom is 0.317 e. The Bertz CT molecular complexity index is 1060. The Morgan fingerprint density at radius 2 is 1.38 bits per heavy atom. The van der Waals surface area contributed by atoms with Crippen LogP contribution >= 0.6 is 81.4 Å². The summed E-state index contributed by atoms with van der Waals surface area (Å²) in [6, 6.07) is 16.3. The van der Waals surface area contributed by atoms with Gasteiger partial charge < -0.3 is 5.11 Å². The first kappa shape index (κ1) is 25.6. The molecule has 12 heteroatoms. The number of halogens is 6. The van der Waals surface area contributed by atoms with Crippen LogP contribution in [0.1, 0.15) is 17.2 Å². The first-order chi connectivity index (χ1) is 14.9. The van der Waals surface area contributed by atoms with Crippen molar-refractivity contribution in [2.45, 2.75) is 24.2 Å². The van der Waals surface area contributed by atoms with Crippen LogP contribution in [0.4, 0.5) is 0 Å². The highest BCUT2D eigenvalue weighted by atomic mass is 35.6. The molecule has 0 aliphatic heterocycles. The van der Waals surface area contributed by atoms with E-state index in [2.05, 4.69) is 15.0 Å². The largest absolute Gasteiger partial charge is 0.480 e. The van der Waals surface area contributed by atoms with E-state index >= 15 is 0 Å². The molecule has 0 aliphatic rings. The van der Waals surface area contributed by atoms with Crippen LogP contribution in [0.5, 0.6) is 0 Å². The van der Waals surface area contributed by atoms with Crippen LogP contribution < -0.4 is 0 Å². The van der Waals surface area contributed by atoms with Crippen molar-refractivity contribution in [3.63, 3.8) is 0 Å². The van der Waals surface area contributed by atoms with E-state index in [-0.39, 0.29) is 17.5 Å². The number of rotatable bonds is 6.